The molecule has 2 aromatic rings. The lowest BCUT2D eigenvalue weighted by Crippen LogP contribution is -2.58. The molecule has 2 aliphatic heterocycles. The van der Waals surface area contributed by atoms with Crippen LogP contribution in [0.3, 0.4) is 0 Å². The number of nitrogens with one attached hydrogen (secondary N) is 1. The molecule has 1 aromatic carbocycles. The molecule has 0 unspecified atom stereocenters. The van der Waals surface area contributed by atoms with Crippen molar-refractivity contribution in [2.75, 3.05) is 6.67 Å². The molecule has 2 N–H and O–H groups in total. The van der Waals surface area contributed by atoms with Crippen molar-refractivity contribution in [3.8, 4) is 0 Å². The van der Waals surface area contributed by atoms with Gasteiger partial charge in [-0.05, 0) is 11.5 Å². The summed E-state index contributed by atoms with van der Waals surface area (Å²) < 4.78 is 17.9. The number of aromatic nitrogens is 1. The van der Waals surface area contributed by atoms with Crippen LogP contribution in [0.15, 0.2) is 41.7 Å². The molecule has 0 saturated carbocycles. The number of esters is 1. The van der Waals surface area contributed by atoms with E-state index in [0.29, 0.717) is 11.4 Å². The van der Waals surface area contributed by atoms with E-state index in [1.807, 2.05) is 30.3 Å². The van der Waals surface area contributed by atoms with Crippen LogP contribution in [-0.2, 0) is 19.2 Å². The van der Waals surface area contributed by atoms with Gasteiger partial charge in [0.15, 0.2) is 6.67 Å². The predicted molar refractivity (Wildman–Crippen MR) is 105 cm³/mol. The van der Waals surface area contributed by atoms with Gasteiger partial charge in [0.1, 0.15) is 11.8 Å². The van der Waals surface area contributed by atoms with E-state index in [2.05, 4.69) is 20.2 Å². The third-order valence-electron chi connectivity index (χ3n) is 5.72. The van der Waals surface area contributed by atoms with E-state index >= 15 is 0 Å². The number of pyridine rings is 1. The van der Waals surface area contributed by atoms with Crippen LogP contribution in [0.25, 0.3) is 10.8 Å². The number of nitrogens with zero attached hydrogens (tertiary/aromatic N) is 2. The van der Waals surface area contributed by atoms with Crippen molar-refractivity contribution >= 4 is 28.4 Å². The van der Waals surface area contributed by atoms with Crippen molar-refractivity contribution in [3.05, 3.63) is 42.2 Å². The van der Waals surface area contributed by atoms with Crippen LogP contribution < -0.4 is 5.32 Å². The highest BCUT2D eigenvalue weighted by atomic mass is 19.1. The van der Waals surface area contributed by atoms with E-state index in [4.69, 9.17) is 4.84 Å². The highest BCUT2D eigenvalue weighted by Gasteiger charge is 2.55. The van der Waals surface area contributed by atoms with Crippen LogP contribution >= 0.6 is 0 Å². The molecule has 0 radical (unpaired) electrons. The molecule has 1 amide bonds. The highest BCUT2D eigenvalue weighted by Crippen LogP contribution is 2.36. The van der Waals surface area contributed by atoms with Crippen molar-refractivity contribution in [2.24, 2.45) is 11.1 Å². The Balaban J connectivity index is 1.61. The van der Waals surface area contributed by atoms with Gasteiger partial charge in [-0.15, -0.1) is 0 Å². The first kappa shape index (κ1) is 20.2. The van der Waals surface area contributed by atoms with Crippen LogP contribution in [0, 0.1) is 5.92 Å². The van der Waals surface area contributed by atoms with Crippen LogP contribution in [0.1, 0.15) is 32.4 Å². The van der Waals surface area contributed by atoms with E-state index in [1.54, 1.807) is 20.0 Å². The van der Waals surface area contributed by atoms with Crippen LogP contribution in [0.4, 0.5) is 4.39 Å². The lowest BCUT2D eigenvalue weighted by atomic mass is 9.83. The second-order valence-corrected chi connectivity index (χ2v) is 7.91. The summed E-state index contributed by atoms with van der Waals surface area (Å²) in [5.74, 6) is -4.09. The molecule has 0 aliphatic carbocycles. The van der Waals surface area contributed by atoms with Gasteiger partial charge in [0.25, 0.3) is 11.7 Å². The number of amides is 1. The third-order valence-corrected chi connectivity index (χ3v) is 5.72. The Kier molecular flexibility index (Phi) is 4.93. The van der Waals surface area contributed by atoms with Crippen molar-refractivity contribution in [2.45, 2.75) is 44.1 Å². The number of carbonyl (C=O) groups excluding carboxylic acids is 2. The smallest absolute Gasteiger partial charge is 0.310 e. The third kappa shape index (κ3) is 3.19. The number of cyclic esters (lactones) is 1. The Labute approximate surface area is 172 Å². The topological polar surface area (TPSA) is 110 Å². The first-order valence-electron chi connectivity index (χ1n) is 9.69. The van der Waals surface area contributed by atoms with Crippen LogP contribution in [0.2, 0.25) is 0 Å². The van der Waals surface area contributed by atoms with E-state index in [-0.39, 0.29) is 18.8 Å². The lowest BCUT2D eigenvalue weighted by molar-refractivity contribution is -0.202. The van der Waals surface area contributed by atoms with Crippen molar-refractivity contribution in [1.82, 2.24) is 10.3 Å². The second kappa shape index (κ2) is 7.32. The maximum atomic E-state index is 13.3. The fourth-order valence-corrected chi connectivity index (χ4v) is 3.82. The summed E-state index contributed by atoms with van der Waals surface area (Å²) in [4.78, 5) is 34.8. The standard InChI is InChI=1S/C21H22FN3O5/c1-12(2)20(19(27)24-16-9-17(26)29-21(16,28)11-22)10-15(25-30-20)18-14-6-4-3-5-13(14)7-8-23-18/h3-8,12,16,28H,9-11H2,1-2H3,(H,24,27)/t16-,20-,21-/m1/s1. The Morgan fingerprint density at radius 3 is 2.87 bits per heavy atom. The predicted octanol–water partition coefficient (Wildman–Crippen LogP) is 1.84. The fraction of sp³-hybridized carbons (Fsp3) is 0.429. The molecule has 1 aromatic heterocycles. The molecule has 1 saturated heterocycles. The van der Waals surface area contributed by atoms with E-state index in [9.17, 15) is 19.1 Å². The Morgan fingerprint density at radius 2 is 2.13 bits per heavy atom. The van der Waals surface area contributed by atoms with Gasteiger partial charge in [0.05, 0.1) is 12.1 Å². The van der Waals surface area contributed by atoms with Gasteiger partial charge < -0.3 is 20.0 Å². The molecular formula is C21H22FN3O5. The number of carbonyl (C=O) groups is 2. The van der Waals surface area contributed by atoms with Gasteiger partial charge in [-0.1, -0.05) is 43.3 Å². The number of rotatable bonds is 5. The lowest BCUT2D eigenvalue weighted by Gasteiger charge is -2.32. The van der Waals surface area contributed by atoms with Gasteiger partial charge in [0, 0.05) is 23.9 Å². The minimum absolute atomic E-state index is 0.132. The van der Waals surface area contributed by atoms with Gasteiger partial charge in [-0.25, -0.2) is 4.39 Å². The number of fused-ring (bicyclic) bond motifs is 1. The molecule has 1 fully saturated rings. The number of halogens is 1. The summed E-state index contributed by atoms with van der Waals surface area (Å²) in [7, 11) is 0. The molecule has 2 aliphatic rings. The Bertz CT molecular complexity index is 1040. The molecule has 8 nitrogen and oxygen atoms in total. The number of benzene rings is 1. The summed E-state index contributed by atoms with van der Waals surface area (Å²) in [6.45, 7) is 2.26. The molecule has 3 atom stereocenters. The van der Waals surface area contributed by atoms with Crippen molar-refractivity contribution < 1.29 is 28.7 Å². The fourth-order valence-electron chi connectivity index (χ4n) is 3.82. The van der Waals surface area contributed by atoms with E-state index < -0.39 is 36.0 Å². The quantitative estimate of drug-likeness (QED) is 0.721. The normalized spacial score (nSPS) is 28.4. The maximum absolute atomic E-state index is 13.3. The van der Waals surface area contributed by atoms with Crippen molar-refractivity contribution in [1.29, 1.82) is 0 Å². The average Bonchev–Trinajstić information content (AvgIpc) is 3.30. The second-order valence-electron chi connectivity index (χ2n) is 7.91. The van der Waals surface area contributed by atoms with Crippen molar-refractivity contribution in [3.63, 3.8) is 0 Å². The van der Waals surface area contributed by atoms with Gasteiger partial charge in [0.2, 0.25) is 5.60 Å². The Hall–Kier alpha value is -3.07. The number of hydrogen-bond acceptors (Lipinski definition) is 7. The molecule has 0 bridgehead atoms. The maximum Gasteiger partial charge on any atom is 0.310 e. The minimum Gasteiger partial charge on any atom is -0.428 e. The zero-order chi connectivity index (χ0) is 21.5. The number of alkyl halides is 1. The number of aliphatic hydroxyl groups is 1. The Morgan fingerprint density at radius 1 is 1.37 bits per heavy atom. The molecule has 4 rings (SSSR count). The molecule has 30 heavy (non-hydrogen) atoms. The monoisotopic (exact) mass is 415 g/mol. The summed E-state index contributed by atoms with van der Waals surface area (Å²) in [5, 5.41) is 18.7. The number of hydrogen-bond donors (Lipinski definition) is 2. The highest BCUT2D eigenvalue weighted by molar-refractivity contribution is 6.11. The van der Waals surface area contributed by atoms with Gasteiger partial charge in [-0.3, -0.25) is 14.6 Å². The van der Waals surface area contributed by atoms with E-state index in [0.717, 1.165) is 10.8 Å². The first-order valence-corrected chi connectivity index (χ1v) is 9.69. The molecule has 158 valence electrons. The SMILES string of the molecule is CC(C)[C@@]1(C(=O)N[C@@H]2CC(=O)O[C@]2(O)CF)CC(c2nccc3ccccc23)=NO1. The van der Waals surface area contributed by atoms with E-state index in [1.165, 1.54) is 0 Å². The summed E-state index contributed by atoms with van der Waals surface area (Å²) >= 11 is 0. The van der Waals surface area contributed by atoms with Crippen LogP contribution in [-0.4, -0.2) is 51.8 Å². The number of ether oxygens (including phenoxy) is 1. The average molecular weight is 415 g/mol. The zero-order valence-electron chi connectivity index (χ0n) is 16.6. The largest absolute Gasteiger partial charge is 0.428 e. The summed E-state index contributed by atoms with van der Waals surface area (Å²) in [5.41, 5.74) is -0.269. The van der Waals surface area contributed by atoms with Gasteiger partial charge >= 0.3 is 5.97 Å². The van der Waals surface area contributed by atoms with Gasteiger partial charge in [-0.2, -0.15) is 0 Å². The first-order chi connectivity index (χ1) is 14.3. The minimum atomic E-state index is -2.38. The number of oxime groups is 1. The molecule has 0 spiro atoms. The summed E-state index contributed by atoms with van der Waals surface area (Å²) in [6, 6.07) is 8.34. The van der Waals surface area contributed by atoms with Crippen LogP contribution in [0.5, 0.6) is 0 Å². The summed E-state index contributed by atoms with van der Waals surface area (Å²) in [6.07, 6.45) is 1.46. The zero-order valence-corrected chi connectivity index (χ0v) is 16.6. The molecular weight excluding hydrogens is 393 g/mol. The molecule has 3 heterocycles. The molecule has 9 heteroatoms.